The molecule has 35 heavy (non-hydrogen) atoms. The molecule has 3 aromatic carbocycles. The second-order valence-electron chi connectivity index (χ2n) is 8.38. The standard InChI is InChI=1S/C28H32N4O3/c1-4-32(5-2)18-10-17-31(3)28-30-25-20-22(15-16-26(25)35-28)29-27(33)21-11-9-14-24(19-21)34-23-12-7-6-8-13-23/h6-9,11-16,19-20H,4-5,10,17-18H2,1-3H3,(H,29,33). The summed E-state index contributed by atoms with van der Waals surface area (Å²) >= 11 is 0. The van der Waals surface area contributed by atoms with Crippen LogP contribution in [0.25, 0.3) is 11.1 Å². The first kappa shape index (κ1) is 24.3. The molecule has 182 valence electrons. The van der Waals surface area contributed by atoms with Gasteiger partial charge in [0.25, 0.3) is 11.9 Å². The lowest BCUT2D eigenvalue weighted by atomic mass is 10.2. The van der Waals surface area contributed by atoms with Gasteiger partial charge in [-0.25, -0.2) is 0 Å². The van der Waals surface area contributed by atoms with E-state index in [1.165, 1.54) is 0 Å². The van der Waals surface area contributed by atoms with Gasteiger partial charge in [0.1, 0.15) is 17.0 Å². The average Bonchev–Trinajstić information content (AvgIpc) is 3.31. The number of oxazole rings is 1. The Balaban J connectivity index is 1.40. The Morgan fingerprint density at radius 1 is 0.943 bits per heavy atom. The largest absolute Gasteiger partial charge is 0.457 e. The lowest BCUT2D eigenvalue weighted by Crippen LogP contribution is -2.28. The van der Waals surface area contributed by atoms with Crippen LogP contribution in [0.5, 0.6) is 11.5 Å². The Morgan fingerprint density at radius 2 is 1.71 bits per heavy atom. The molecular weight excluding hydrogens is 440 g/mol. The van der Waals surface area contributed by atoms with E-state index in [0.29, 0.717) is 34.1 Å². The maximum Gasteiger partial charge on any atom is 0.298 e. The molecule has 0 aliphatic carbocycles. The highest BCUT2D eigenvalue weighted by Crippen LogP contribution is 2.26. The second kappa shape index (κ2) is 11.5. The van der Waals surface area contributed by atoms with E-state index in [1.807, 2.05) is 66.5 Å². The molecule has 4 rings (SSSR count). The van der Waals surface area contributed by atoms with Gasteiger partial charge in [-0.3, -0.25) is 4.79 Å². The van der Waals surface area contributed by atoms with Crippen molar-refractivity contribution in [2.75, 3.05) is 43.4 Å². The third-order valence-corrected chi connectivity index (χ3v) is 5.90. The first-order chi connectivity index (χ1) is 17.1. The summed E-state index contributed by atoms with van der Waals surface area (Å²) in [7, 11) is 1.99. The minimum absolute atomic E-state index is 0.222. The third kappa shape index (κ3) is 6.39. The molecule has 0 atom stereocenters. The molecular formula is C28H32N4O3. The van der Waals surface area contributed by atoms with E-state index in [1.54, 1.807) is 18.2 Å². The van der Waals surface area contributed by atoms with E-state index in [9.17, 15) is 4.79 Å². The Hall–Kier alpha value is -3.84. The van der Waals surface area contributed by atoms with Crippen LogP contribution < -0.4 is 15.0 Å². The summed E-state index contributed by atoms with van der Waals surface area (Å²) in [6.45, 7) is 8.38. The topological polar surface area (TPSA) is 70.8 Å². The lowest BCUT2D eigenvalue weighted by Gasteiger charge is -2.20. The first-order valence-corrected chi connectivity index (χ1v) is 12.0. The predicted molar refractivity (Wildman–Crippen MR) is 141 cm³/mol. The summed E-state index contributed by atoms with van der Waals surface area (Å²) in [5, 5.41) is 2.94. The molecule has 0 radical (unpaired) electrons. The van der Waals surface area contributed by atoms with E-state index >= 15 is 0 Å². The number of hydrogen-bond donors (Lipinski definition) is 1. The monoisotopic (exact) mass is 472 g/mol. The molecule has 0 saturated carbocycles. The Morgan fingerprint density at radius 3 is 2.49 bits per heavy atom. The van der Waals surface area contributed by atoms with Crippen LogP contribution in [0.1, 0.15) is 30.6 Å². The summed E-state index contributed by atoms with van der Waals surface area (Å²) in [5.74, 6) is 1.10. The molecule has 7 nitrogen and oxygen atoms in total. The third-order valence-electron chi connectivity index (χ3n) is 5.90. The first-order valence-electron chi connectivity index (χ1n) is 12.0. The van der Waals surface area contributed by atoms with Gasteiger partial charge in [0.05, 0.1) is 0 Å². The number of carbonyl (C=O) groups is 1. The molecule has 0 spiro atoms. The highest BCUT2D eigenvalue weighted by atomic mass is 16.5. The van der Waals surface area contributed by atoms with Crippen molar-refractivity contribution < 1.29 is 13.9 Å². The summed E-state index contributed by atoms with van der Waals surface area (Å²) in [6.07, 6.45) is 1.03. The van der Waals surface area contributed by atoms with Crippen LogP contribution >= 0.6 is 0 Å². The Kier molecular flexibility index (Phi) is 8.00. The molecule has 0 bridgehead atoms. The van der Waals surface area contributed by atoms with E-state index < -0.39 is 0 Å². The predicted octanol–water partition coefficient (Wildman–Crippen LogP) is 6.04. The number of hydrogen-bond acceptors (Lipinski definition) is 6. The summed E-state index contributed by atoms with van der Waals surface area (Å²) in [6, 6.07) is 22.6. The van der Waals surface area contributed by atoms with Crippen molar-refractivity contribution in [1.82, 2.24) is 9.88 Å². The van der Waals surface area contributed by atoms with Crippen LogP contribution in [-0.2, 0) is 0 Å². The van der Waals surface area contributed by atoms with Gasteiger partial charge in [0.2, 0.25) is 0 Å². The van der Waals surface area contributed by atoms with Crippen molar-refractivity contribution in [1.29, 1.82) is 0 Å². The van der Waals surface area contributed by atoms with Gasteiger partial charge in [-0.2, -0.15) is 4.98 Å². The molecule has 0 fully saturated rings. The number of ether oxygens (including phenoxy) is 1. The Bertz CT molecular complexity index is 1250. The molecule has 1 aromatic heterocycles. The second-order valence-corrected chi connectivity index (χ2v) is 8.38. The fraction of sp³-hybridized carbons (Fsp3) is 0.286. The fourth-order valence-corrected chi connectivity index (χ4v) is 3.85. The zero-order valence-corrected chi connectivity index (χ0v) is 20.5. The van der Waals surface area contributed by atoms with Gasteiger partial charge >= 0.3 is 0 Å². The number of fused-ring (bicyclic) bond motifs is 1. The van der Waals surface area contributed by atoms with Crippen LogP contribution in [0.2, 0.25) is 0 Å². The van der Waals surface area contributed by atoms with E-state index in [-0.39, 0.29) is 5.91 Å². The van der Waals surface area contributed by atoms with Crippen molar-refractivity contribution in [3.05, 3.63) is 78.4 Å². The number of carbonyl (C=O) groups excluding carboxylic acids is 1. The van der Waals surface area contributed by atoms with Crippen LogP contribution in [0.4, 0.5) is 11.7 Å². The van der Waals surface area contributed by atoms with Crippen LogP contribution in [0, 0.1) is 0 Å². The molecule has 7 heteroatoms. The highest BCUT2D eigenvalue weighted by Gasteiger charge is 2.13. The Labute approximate surface area is 206 Å². The highest BCUT2D eigenvalue weighted by molar-refractivity contribution is 6.05. The van der Waals surface area contributed by atoms with Gasteiger partial charge < -0.3 is 24.3 Å². The van der Waals surface area contributed by atoms with Crippen LogP contribution in [0.15, 0.2) is 77.2 Å². The maximum atomic E-state index is 12.9. The summed E-state index contributed by atoms with van der Waals surface area (Å²) < 4.78 is 11.8. The molecule has 4 aromatic rings. The van der Waals surface area contributed by atoms with Crippen molar-refractivity contribution in [3.63, 3.8) is 0 Å². The number of nitrogens with zero attached hydrogens (tertiary/aromatic N) is 3. The SMILES string of the molecule is CCN(CC)CCCN(C)c1nc2cc(NC(=O)c3cccc(Oc4ccccc4)c3)ccc2o1. The number of benzene rings is 3. The van der Waals surface area contributed by atoms with Crippen molar-refractivity contribution in [2.45, 2.75) is 20.3 Å². The van der Waals surface area contributed by atoms with Gasteiger partial charge in [-0.05, 0) is 74.6 Å². The zero-order chi connectivity index (χ0) is 24.6. The number of para-hydroxylation sites is 1. The molecule has 0 saturated heterocycles. The van der Waals surface area contributed by atoms with Crippen LogP contribution in [0.3, 0.4) is 0 Å². The fourth-order valence-electron chi connectivity index (χ4n) is 3.85. The summed E-state index contributed by atoms with van der Waals surface area (Å²) in [5.41, 5.74) is 2.55. The van der Waals surface area contributed by atoms with E-state index in [2.05, 4.69) is 29.0 Å². The quantitative estimate of drug-likeness (QED) is 0.287. The van der Waals surface area contributed by atoms with Gasteiger partial charge in [0, 0.05) is 24.8 Å². The molecule has 1 amide bonds. The molecule has 0 aliphatic rings. The van der Waals surface area contributed by atoms with E-state index in [0.717, 1.165) is 38.3 Å². The minimum atomic E-state index is -0.222. The van der Waals surface area contributed by atoms with Gasteiger partial charge in [0.15, 0.2) is 5.58 Å². The number of rotatable bonds is 11. The van der Waals surface area contributed by atoms with Crippen molar-refractivity contribution in [3.8, 4) is 11.5 Å². The lowest BCUT2D eigenvalue weighted by molar-refractivity contribution is 0.102. The van der Waals surface area contributed by atoms with Gasteiger partial charge in [-0.1, -0.05) is 38.1 Å². The number of anilines is 2. The van der Waals surface area contributed by atoms with Crippen LogP contribution in [-0.4, -0.2) is 49.0 Å². The molecule has 0 unspecified atom stereocenters. The normalized spacial score (nSPS) is 11.1. The zero-order valence-electron chi connectivity index (χ0n) is 20.5. The maximum absolute atomic E-state index is 12.9. The number of amides is 1. The molecule has 1 N–H and O–H groups in total. The molecule has 0 aliphatic heterocycles. The van der Waals surface area contributed by atoms with Crippen molar-refractivity contribution in [2.24, 2.45) is 0 Å². The minimum Gasteiger partial charge on any atom is -0.457 e. The van der Waals surface area contributed by atoms with Crippen molar-refractivity contribution >= 4 is 28.7 Å². The van der Waals surface area contributed by atoms with E-state index in [4.69, 9.17) is 9.15 Å². The summed E-state index contributed by atoms with van der Waals surface area (Å²) in [4.78, 5) is 21.9. The average molecular weight is 473 g/mol. The smallest absolute Gasteiger partial charge is 0.298 e. The number of nitrogens with one attached hydrogen (secondary N) is 1. The molecule has 1 heterocycles. The number of aromatic nitrogens is 1. The van der Waals surface area contributed by atoms with Gasteiger partial charge in [-0.15, -0.1) is 0 Å².